The van der Waals surface area contributed by atoms with E-state index in [0.717, 1.165) is 22.3 Å². The van der Waals surface area contributed by atoms with Crippen molar-refractivity contribution in [3.05, 3.63) is 202 Å². The van der Waals surface area contributed by atoms with E-state index < -0.39 is 78.2 Å². The van der Waals surface area contributed by atoms with Crippen LogP contribution in [0.25, 0.3) is 55.8 Å². The largest absolute Gasteiger partial charge is 0.507 e. The van der Waals surface area contributed by atoms with Gasteiger partial charge in [0.05, 0.1) is 32.2 Å². The van der Waals surface area contributed by atoms with Crippen LogP contribution in [0.2, 0.25) is 0 Å². The van der Waals surface area contributed by atoms with Crippen molar-refractivity contribution in [2.45, 2.75) is 113 Å². The van der Waals surface area contributed by atoms with Crippen molar-refractivity contribution in [2.75, 3.05) is 4.90 Å². The molecule has 0 aliphatic carbocycles. The normalized spacial score (nSPS) is 15.0. The van der Waals surface area contributed by atoms with Gasteiger partial charge in [-0.1, -0.05) is 178 Å². The highest BCUT2D eigenvalue weighted by molar-refractivity contribution is 6.17. The molecule has 0 fully saturated rings. The molecule has 1 heterocycles. The van der Waals surface area contributed by atoms with Crippen LogP contribution < -0.4 is 4.90 Å². The molecule has 2 N–H and O–H groups in total. The highest BCUT2D eigenvalue weighted by Crippen LogP contribution is 2.46. The van der Waals surface area contributed by atoms with Gasteiger partial charge in [0.25, 0.3) is 0 Å². The predicted octanol–water partition coefficient (Wildman–Crippen LogP) is 18.1. The number of aromatic hydroxyl groups is 1. The molecule has 4 heteroatoms. The number of hydrogen-bond donors (Lipinski definition) is 2. The Morgan fingerprint density at radius 3 is 1.93 bits per heavy atom. The maximum atomic E-state index is 12.4. The Kier molecular flexibility index (Phi) is 9.52. The Bertz CT molecular complexity index is 3780. The van der Waals surface area contributed by atoms with Crippen LogP contribution in [-0.2, 0) is 10.8 Å². The average molecular weight is 921 g/mol. The number of benzene rings is 7. The number of phenolic OH excluding ortho intramolecular Hbond substituents is 1. The first-order chi connectivity index (χ1) is 38.0. The van der Waals surface area contributed by atoms with Crippen LogP contribution in [0.3, 0.4) is 0 Å². The minimum Gasteiger partial charge on any atom is -0.507 e. The third-order valence-electron chi connectivity index (χ3n) is 12.8. The number of amidine groups is 1. The summed E-state index contributed by atoms with van der Waals surface area (Å²) >= 11 is 0. The van der Waals surface area contributed by atoms with Crippen molar-refractivity contribution >= 4 is 17.2 Å². The van der Waals surface area contributed by atoms with Gasteiger partial charge in [-0.3, -0.25) is 15.3 Å². The molecule has 350 valence electrons. The van der Waals surface area contributed by atoms with Crippen LogP contribution in [0.15, 0.2) is 158 Å². The van der Waals surface area contributed by atoms with E-state index >= 15 is 0 Å². The molecule has 0 amide bonds. The number of nitrogens with one attached hydrogen (secondary N) is 1. The first kappa shape index (κ1) is 34.3. The van der Waals surface area contributed by atoms with Crippen molar-refractivity contribution in [3.8, 4) is 61.5 Å². The molecule has 0 saturated heterocycles. The van der Waals surface area contributed by atoms with Crippen molar-refractivity contribution in [1.82, 2.24) is 4.98 Å². The van der Waals surface area contributed by atoms with Crippen molar-refractivity contribution < 1.29 is 22.9 Å². The first-order valence-electron chi connectivity index (χ1n) is 30.0. The van der Waals surface area contributed by atoms with E-state index in [2.05, 4.69) is 37.9 Å². The van der Waals surface area contributed by atoms with Gasteiger partial charge in [-0.15, -0.1) is 0 Å². The lowest BCUT2D eigenvalue weighted by atomic mass is 9.83. The van der Waals surface area contributed by atoms with E-state index in [-0.39, 0.29) is 45.7 Å². The summed E-state index contributed by atoms with van der Waals surface area (Å²) in [6.07, 6.45) is -0.614. The topological polar surface area (TPSA) is 60.2 Å². The molecular weight excluding hydrogens is 839 g/mol. The molecule has 0 atom stereocenters. The zero-order valence-corrected chi connectivity index (χ0v) is 41.5. The summed E-state index contributed by atoms with van der Waals surface area (Å²) in [6, 6.07) is 31.6. The van der Waals surface area contributed by atoms with E-state index in [0.29, 0.717) is 55.9 Å². The summed E-state index contributed by atoms with van der Waals surface area (Å²) in [5.41, 5.74) is 6.69. The average Bonchev–Trinajstić information content (AvgIpc) is 2.26. The summed E-state index contributed by atoms with van der Waals surface area (Å²) in [5, 5.41) is 23.0. The van der Waals surface area contributed by atoms with Crippen LogP contribution in [0, 0.1) is 26.0 Å². The standard InChI is InChI=1S/C65H69N3O/c1-40(2)49-36-55(41(3)4)62(69)58(37-49)63(66)68(61-32-43(6)56(46-18-15-14-16-19-46)39-57(61)47-26-28-52(29-27-47)64(8,9)10)60-21-17-20-54(44(60)7)50-33-51(35-53(34-50)65(11,12)13)59-38-48(30-31-67-59)45-24-22-42(5)23-25-45/h14-41,66,69H,1-13H3/i5D3,6D3,22D,23D,24D,25D,30D,31D,38D. The Labute approximate surface area is 430 Å². The number of aryl methyl sites for hydroxylation is 1. The zero-order valence-electron chi connectivity index (χ0n) is 54.5. The zero-order chi connectivity index (χ0) is 60.6. The highest BCUT2D eigenvalue weighted by Gasteiger charge is 2.29. The van der Waals surface area contributed by atoms with Crippen LogP contribution in [-0.4, -0.2) is 15.9 Å². The smallest absolute Gasteiger partial charge is 0.141 e. The van der Waals surface area contributed by atoms with Gasteiger partial charge >= 0.3 is 0 Å². The van der Waals surface area contributed by atoms with Gasteiger partial charge in [0, 0.05) is 25.5 Å². The second-order valence-electron chi connectivity index (χ2n) is 20.6. The molecule has 0 aliphatic heterocycles. The fraction of sp³-hybridized carbons (Fsp3) is 0.262. The third kappa shape index (κ3) is 10.1. The number of phenols is 1. The minimum absolute atomic E-state index is 0.00484. The molecule has 1 aromatic heterocycles. The Morgan fingerprint density at radius 2 is 1.29 bits per heavy atom. The number of rotatable bonds is 10. The minimum atomic E-state index is -3.00. The SMILES string of the molecule is [2H]c1nc(-c2cc(-c3cccc(N(C(=N)c4cc(C(C)C)cc(C(C)C)c4O)c4cc(C([2H])([2H])[2H])c(-c5ccccc5)cc4-c4ccc(C(C)(C)C)cc4)c3C)cc(C(C)(C)C)c2)c([2H])c(-c2c([2H])c([2H])c(C([2H])([2H])[2H])c([2H])c2[2H])c1[2H]. The number of aromatic nitrogens is 1. The van der Waals surface area contributed by atoms with Gasteiger partial charge in [0.2, 0.25) is 0 Å². The lowest BCUT2D eigenvalue weighted by Gasteiger charge is -2.32. The Hall–Kier alpha value is -7.04. The molecule has 7 aromatic carbocycles. The van der Waals surface area contributed by atoms with Gasteiger partial charge in [0.1, 0.15) is 11.6 Å². The number of anilines is 2. The molecule has 4 nitrogen and oxygen atoms in total. The highest BCUT2D eigenvalue weighted by atomic mass is 16.3. The van der Waals surface area contributed by atoms with Gasteiger partial charge in [-0.2, -0.15) is 0 Å². The molecule has 8 aromatic rings. The monoisotopic (exact) mass is 921 g/mol. The maximum Gasteiger partial charge on any atom is 0.141 e. The molecule has 0 unspecified atom stereocenters. The van der Waals surface area contributed by atoms with E-state index in [1.54, 1.807) is 17.0 Å². The summed E-state index contributed by atoms with van der Waals surface area (Å²) in [6.45, 7) is 16.7. The van der Waals surface area contributed by atoms with Gasteiger partial charge in [-0.05, 0) is 164 Å². The summed E-state index contributed by atoms with van der Waals surface area (Å²) in [7, 11) is 0. The molecule has 69 heavy (non-hydrogen) atoms. The molecule has 0 spiro atoms. The Morgan fingerprint density at radius 1 is 0.609 bits per heavy atom. The molecular formula is C65H69N3O. The van der Waals surface area contributed by atoms with Gasteiger partial charge in [-0.25, -0.2) is 0 Å². The van der Waals surface area contributed by atoms with E-state index in [1.807, 2.05) is 146 Å². The fourth-order valence-electron chi connectivity index (χ4n) is 8.68. The van der Waals surface area contributed by atoms with Crippen molar-refractivity contribution in [3.63, 3.8) is 0 Å². The lowest BCUT2D eigenvalue weighted by Crippen LogP contribution is -2.28. The van der Waals surface area contributed by atoms with Crippen LogP contribution in [0.5, 0.6) is 5.75 Å². The second kappa shape index (κ2) is 19.2. The predicted molar refractivity (Wildman–Crippen MR) is 295 cm³/mol. The quantitative estimate of drug-likeness (QED) is 0.106. The molecule has 8 rings (SSSR count). The molecule has 0 saturated carbocycles. The molecule has 0 aliphatic rings. The van der Waals surface area contributed by atoms with Crippen LogP contribution in [0.4, 0.5) is 11.4 Å². The van der Waals surface area contributed by atoms with Crippen molar-refractivity contribution in [2.24, 2.45) is 0 Å². The second-order valence-corrected chi connectivity index (χ2v) is 20.6. The van der Waals surface area contributed by atoms with E-state index in [1.165, 1.54) is 0 Å². The first-order valence-corrected chi connectivity index (χ1v) is 23.5. The summed E-state index contributed by atoms with van der Waals surface area (Å²) in [4.78, 5) is 6.17. The van der Waals surface area contributed by atoms with E-state index in [9.17, 15) is 11.9 Å². The maximum absolute atomic E-state index is 12.4. The molecule has 0 bridgehead atoms. The Balaban J connectivity index is 1.47. The summed E-state index contributed by atoms with van der Waals surface area (Å²) < 4.78 is 114. The number of nitrogens with zero attached hydrogens (tertiary/aromatic N) is 2. The van der Waals surface area contributed by atoms with Crippen molar-refractivity contribution in [1.29, 1.82) is 5.41 Å². The number of hydrogen-bond acceptors (Lipinski definition) is 3. The summed E-state index contributed by atoms with van der Waals surface area (Å²) in [5.74, 6) is -0.334. The fourth-order valence-corrected chi connectivity index (χ4v) is 8.68. The van der Waals surface area contributed by atoms with Gasteiger partial charge < -0.3 is 5.11 Å². The molecule has 0 radical (unpaired) electrons. The number of pyridine rings is 1. The van der Waals surface area contributed by atoms with Crippen LogP contribution in [0.1, 0.15) is 143 Å². The van der Waals surface area contributed by atoms with E-state index in [4.69, 9.17) is 16.4 Å². The van der Waals surface area contributed by atoms with Crippen LogP contribution >= 0.6 is 0 Å². The lowest BCUT2D eigenvalue weighted by molar-refractivity contribution is 0.463. The third-order valence-corrected chi connectivity index (χ3v) is 12.8. The van der Waals surface area contributed by atoms with Gasteiger partial charge in [0.15, 0.2) is 0 Å².